The second-order valence-corrected chi connectivity index (χ2v) is 6.00. The summed E-state index contributed by atoms with van der Waals surface area (Å²) in [5.41, 5.74) is 0.803. The number of rotatable bonds is 4. The Bertz CT molecular complexity index is 568. The monoisotopic (exact) mass is 278 g/mol. The van der Waals surface area contributed by atoms with Gasteiger partial charge in [0.2, 0.25) is 0 Å². The van der Waals surface area contributed by atoms with Gasteiger partial charge in [-0.2, -0.15) is 0 Å². The Morgan fingerprint density at radius 3 is 2.83 bits per heavy atom. The van der Waals surface area contributed by atoms with E-state index in [9.17, 15) is 4.79 Å². The molecule has 0 spiro atoms. The largest absolute Gasteiger partial charge is 0.383 e. The van der Waals surface area contributed by atoms with E-state index in [4.69, 9.17) is 0 Å². The van der Waals surface area contributed by atoms with Crippen LogP contribution in [0.5, 0.6) is 0 Å². The van der Waals surface area contributed by atoms with Gasteiger partial charge >= 0.3 is 0 Å². The number of ketones is 1. The summed E-state index contributed by atoms with van der Waals surface area (Å²) in [4.78, 5) is 20.1. The molecule has 0 fully saturated rings. The molecule has 0 radical (unpaired) electrons. The number of allylic oxidation sites excluding steroid dienone is 1. The molecule has 2 heterocycles. The molecular weight excluding hydrogens is 264 g/mol. The van der Waals surface area contributed by atoms with Crippen LogP contribution in [0.3, 0.4) is 0 Å². The highest BCUT2D eigenvalue weighted by atomic mass is 32.1. The number of thiazole rings is 1. The van der Waals surface area contributed by atoms with Gasteiger partial charge in [0.05, 0.1) is 15.4 Å². The first-order valence-electron chi connectivity index (χ1n) is 5.48. The second-order valence-electron chi connectivity index (χ2n) is 4.05. The van der Waals surface area contributed by atoms with Crippen LogP contribution in [0, 0.1) is 6.92 Å². The molecule has 3 nitrogen and oxygen atoms in total. The molecule has 0 atom stereocenters. The van der Waals surface area contributed by atoms with Crippen molar-refractivity contribution in [3.8, 4) is 9.88 Å². The van der Waals surface area contributed by atoms with E-state index in [1.807, 2.05) is 43.4 Å². The lowest BCUT2D eigenvalue weighted by Crippen LogP contribution is -2.02. The minimum atomic E-state index is 0.0153. The summed E-state index contributed by atoms with van der Waals surface area (Å²) >= 11 is 3.10. The number of nitrogens with zero attached hydrogens (tertiary/aromatic N) is 2. The number of aryl methyl sites for hydroxylation is 1. The van der Waals surface area contributed by atoms with Gasteiger partial charge in [0, 0.05) is 26.4 Å². The fraction of sp³-hybridized carbons (Fsp3) is 0.231. The predicted octanol–water partition coefficient (Wildman–Crippen LogP) is 3.44. The van der Waals surface area contributed by atoms with Crippen LogP contribution < -0.4 is 0 Å². The molecule has 0 bridgehead atoms. The summed E-state index contributed by atoms with van der Waals surface area (Å²) in [6.07, 6.45) is 3.34. The summed E-state index contributed by atoms with van der Waals surface area (Å²) in [6, 6.07) is 4.01. The van der Waals surface area contributed by atoms with Gasteiger partial charge < -0.3 is 4.90 Å². The summed E-state index contributed by atoms with van der Waals surface area (Å²) in [6.45, 7) is 1.88. The van der Waals surface area contributed by atoms with Crippen molar-refractivity contribution in [3.63, 3.8) is 0 Å². The van der Waals surface area contributed by atoms with E-state index in [1.54, 1.807) is 23.6 Å². The van der Waals surface area contributed by atoms with Gasteiger partial charge in [0.1, 0.15) is 5.01 Å². The Balaban J connectivity index is 2.27. The number of hydrogen-bond acceptors (Lipinski definition) is 5. The molecule has 18 heavy (non-hydrogen) atoms. The number of hydrogen-bond donors (Lipinski definition) is 0. The lowest BCUT2D eigenvalue weighted by Gasteiger charge is -2.01. The molecule has 0 aliphatic rings. The molecule has 0 saturated heterocycles. The third-order valence-corrected chi connectivity index (χ3v) is 4.49. The molecule has 0 saturated carbocycles. The van der Waals surface area contributed by atoms with Crippen molar-refractivity contribution in [2.45, 2.75) is 6.92 Å². The maximum atomic E-state index is 12.0. The Hall–Kier alpha value is -1.46. The zero-order chi connectivity index (χ0) is 13.1. The van der Waals surface area contributed by atoms with Gasteiger partial charge in [-0.05, 0) is 18.4 Å². The Morgan fingerprint density at radius 2 is 2.22 bits per heavy atom. The first kappa shape index (κ1) is 13.0. The molecule has 2 aromatic heterocycles. The van der Waals surface area contributed by atoms with E-state index < -0.39 is 0 Å². The van der Waals surface area contributed by atoms with Crippen LogP contribution in [-0.4, -0.2) is 29.8 Å². The van der Waals surface area contributed by atoms with Crippen LogP contribution in [0.2, 0.25) is 0 Å². The van der Waals surface area contributed by atoms with Gasteiger partial charge in [-0.3, -0.25) is 4.79 Å². The van der Waals surface area contributed by atoms with Crippen LogP contribution in [0.15, 0.2) is 29.8 Å². The predicted molar refractivity (Wildman–Crippen MR) is 77.3 cm³/mol. The average molecular weight is 278 g/mol. The van der Waals surface area contributed by atoms with E-state index >= 15 is 0 Å². The quantitative estimate of drug-likeness (QED) is 0.634. The van der Waals surface area contributed by atoms with Gasteiger partial charge in [-0.1, -0.05) is 6.07 Å². The van der Waals surface area contributed by atoms with Crippen LogP contribution >= 0.6 is 22.7 Å². The molecule has 0 unspecified atom stereocenters. The van der Waals surface area contributed by atoms with Crippen LogP contribution in [-0.2, 0) is 0 Å². The molecule has 0 amide bonds. The van der Waals surface area contributed by atoms with E-state index in [0.29, 0.717) is 0 Å². The van der Waals surface area contributed by atoms with Crippen molar-refractivity contribution < 1.29 is 4.79 Å². The third kappa shape index (κ3) is 2.86. The van der Waals surface area contributed by atoms with Crippen molar-refractivity contribution >= 4 is 28.5 Å². The molecule has 2 rings (SSSR count). The maximum absolute atomic E-state index is 12.0. The second kappa shape index (κ2) is 5.46. The van der Waals surface area contributed by atoms with Gasteiger partial charge in [-0.25, -0.2) is 4.98 Å². The van der Waals surface area contributed by atoms with Crippen molar-refractivity contribution in [2.75, 3.05) is 14.1 Å². The van der Waals surface area contributed by atoms with Gasteiger partial charge in [-0.15, -0.1) is 22.7 Å². The van der Waals surface area contributed by atoms with E-state index in [-0.39, 0.29) is 5.78 Å². The lowest BCUT2D eigenvalue weighted by atomic mass is 10.3. The topological polar surface area (TPSA) is 33.2 Å². The fourth-order valence-electron chi connectivity index (χ4n) is 1.42. The van der Waals surface area contributed by atoms with E-state index in [0.717, 1.165) is 20.5 Å². The minimum Gasteiger partial charge on any atom is -0.383 e. The summed E-state index contributed by atoms with van der Waals surface area (Å²) in [5.74, 6) is 0.0153. The number of thiophene rings is 1. The number of aromatic nitrogens is 1. The third-order valence-electron chi connectivity index (χ3n) is 2.28. The zero-order valence-electron chi connectivity index (χ0n) is 10.5. The van der Waals surface area contributed by atoms with E-state index in [1.165, 1.54) is 11.3 Å². The standard InChI is InChI=1S/C13H14N2OS2/c1-9-12(10(16)6-7-15(2)3)18-13(14-9)11-5-4-8-17-11/h4-8H,1-3H3/b7-6+. The Labute approximate surface area is 114 Å². The van der Waals surface area contributed by atoms with E-state index in [2.05, 4.69) is 4.98 Å². The van der Waals surface area contributed by atoms with Crippen LogP contribution in [0.1, 0.15) is 15.4 Å². The van der Waals surface area contributed by atoms with Crippen LogP contribution in [0.4, 0.5) is 0 Å². The molecule has 0 N–H and O–H groups in total. The van der Waals surface area contributed by atoms with Crippen LogP contribution in [0.25, 0.3) is 9.88 Å². The molecule has 0 aliphatic carbocycles. The summed E-state index contributed by atoms with van der Waals surface area (Å²) in [7, 11) is 3.78. The highest BCUT2D eigenvalue weighted by Gasteiger charge is 2.14. The molecule has 2 aromatic rings. The van der Waals surface area contributed by atoms with Gasteiger partial charge in [0.25, 0.3) is 0 Å². The minimum absolute atomic E-state index is 0.0153. The molecule has 0 aromatic carbocycles. The van der Waals surface area contributed by atoms with Crippen molar-refractivity contribution in [1.82, 2.24) is 9.88 Å². The first-order chi connectivity index (χ1) is 8.58. The molecule has 5 heteroatoms. The highest BCUT2D eigenvalue weighted by Crippen LogP contribution is 2.31. The first-order valence-corrected chi connectivity index (χ1v) is 7.18. The van der Waals surface area contributed by atoms with Crippen molar-refractivity contribution in [1.29, 1.82) is 0 Å². The summed E-state index contributed by atoms with van der Waals surface area (Å²) < 4.78 is 0. The molecule has 94 valence electrons. The maximum Gasteiger partial charge on any atom is 0.199 e. The normalized spacial score (nSPS) is 11.1. The number of carbonyl (C=O) groups excluding carboxylic acids is 1. The Morgan fingerprint density at radius 1 is 1.44 bits per heavy atom. The average Bonchev–Trinajstić information content (AvgIpc) is 2.94. The zero-order valence-corrected chi connectivity index (χ0v) is 12.1. The molecular formula is C13H14N2OS2. The van der Waals surface area contributed by atoms with Crippen molar-refractivity contribution in [2.24, 2.45) is 0 Å². The Kier molecular flexibility index (Phi) is 3.93. The smallest absolute Gasteiger partial charge is 0.199 e. The highest BCUT2D eigenvalue weighted by molar-refractivity contribution is 7.22. The van der Waals surface area contributed by atoms with Crippen molar-refractivity contribution in [3.05, 3.63) is 40.4 Å². The summed E-state index contributed by atoms with van der Waals surface area (Å²) in [5, 5.41) is 2.93. The van der Waals surface area contributed by atoms with Gasteiger partial charge in [0.15, 0.2) is 5.78 Å². The SMILES string of the molecule is Cc1nc(-c2cccs2)sc1C(=O)/C=C/N(C)C. The number of carbonyl (C=O) groups is 1. The molecule has 0 aliphatic heterocycles. The lowest BCUT2D eigenvalue weighted by molar-refractivity contribution is 0.104. The fourth-order valence-corrected chi connectivity index (χ4v) is 3.21.